The van der Waals surface area contributed by atoms with Crippen molar-refractivity contribution in [1.29, 1.82) is 0 Å². The van der Waals surface area contributed by atoms with Crippen LogP contribution < -0.4 is 75.8 Å². The largest absolute Gasteiger partial charge is 0.493 e. The van der Waals surface area contributed by atoms with E-state index in [0.717, 1.165) is 0 Å². The van der Waals surface area contributed by atoms with Gasteiger partial charge in [-0.1, -0.05) is 0 Å². The highest BCUT2D eigenvalue weighted by Gasteiger charge is 2.33. The Morgan fingerprint density at radius 3 is 0.465 bits per heavy atom. The van der Waals surface area contributed by atoms with Crippen molar-refractivity contribution in [2.45, 2.75) is 0 Å². The molecule has 8 aromatic rings. The lowest BCUT2D eigenvalue weighted by Gasteiger charge is -2.25. The van der Waals surface area contributed by atoms with Gasteiger partial charge in [0.15, 0.2) is 92.0 Å². The van der Waals surface area contributed by atoms with Gasteiger partial charge in [-0.05, 0) is 141 Å². The molecule has 0 aliphatic carbocycles. The van der Waals surface area contributed by atoms with E-state index < -0.39 is 9.85 Å². The van der Waals surface area contributed by atoms with Crippen LogP contribution in [-0.2, 0) is 5.21 Å². The minimum atomic E-state index is -0.513. The van der Waals surface area contributed by atoms with Crippen LogP contribution >= 0.6 is 0 Å². The number of methoxy groups -OCH3 is 16. The topological polar surface area (TPSA) is 231 Å². The van der Waals surface area contributed by atoms with Crippen molar-refractivity contribution < 1.29 is 90.8 Å². The van der Waals surface area contributed by atoms with Gasteiger partial charge in [0.2, 0.25) is 0 Å². The first kappa shape index (κ1) is 61.4. The van der Waals surface area contributed by atoms with E-state index in [-0.39, 0.29) is 80.0 Å². The molecule has 0 fully saturated rings. The molecule has 0 heterocycles. The minimum Gasteiger partial charge on any atom is -0.493 e. The predicted molar refractivity (Wildman–Crippen MR) is 320 cm³/mol. The van der Waals surface area contributed by atoms with E-state index in [1.54, 1.807) is 72.8 Å². The molecule has 0 amide bonds. The van der Waals surface area contributed by atoms with Gasteiger partial charge in [0.1, 0.15) is 0 Å². The van der Waals surface area contributed by atoms with E-state index in [1.165, 1.54) is 138 Å². The number of hydrogen-bond acceptors (Lipinski definition) is 19. The molecule has 0 atom stereocenters. The summed E-state index contributed by atoms with van der Waals surface area (Å²) in [5.74, 6) is 4.11. The third-order valence-electron chi connectivity index (χ3n) is 14.6. The summed E-state index contributed by atoms with van der Waals surface area (Å²) in [6.45, 7) is 0. The van der Waals surface area contributed by atoms with E-state index in [4.69, 9.17) is 75.8 Å². The Morgan fingerprint density at radius 2 is 0.326 bits per heavy atom. The maximum atomic E-state index is 13.2. The predicted octanol–water partition coefficient (Wildman–Crippen LogP) is 13.2. The maximum absolute atomic E-state index is 13.2. The number of rotatable bonds is 25. The molecule has 22 heteroatoms. The van der Waals surface area contributed by atoms with Gasteiger partial charge in [-0.2, -0.15) is 0 Å². The van der Waals surface area contributed by atoms with Crippen LogP contribution in [0.15, 0.2) is 97.1 Å². The van der Waals surface area contributed by atoms with Crippen molar-refractivity contribution in [1.82, 2.24) is 0 Å². The molecule has 0 aliphatic heterocycles. The Hall–Kier alpha value is -10.6. The van der Waals surface area contributed by atoms with Crippen LogP contribution in [0.3, 0.4) is 0 Å². The van der Waals surface area contributed by atoms with E-state index in [2.05, 4.69) is 0 Å². The zero-order chi connectivity index (χ0) is 62.3. The van der Waals surface area contributed by atoms with Crippen LogP contribution in [0.4, 0.5) is 11.4 Å². The molecule has 8 aromatic carbocycles. The van der Waals surface area contributed by atoms with Crippen LogP contribution in [-0.4, -0.2) is 124 Å². The molecular weight excluding hydrogens is 1120 g/mol. The average molecular weight is 1180 g/mol. The van der Waals surface area contributed by atoms with Crippen molar-refractivity contribution >= 4 is 11.4 Å². The normalized spacial score (nSPS) is 10.7. The van der Waals surface area contributed by atoms with Gasteiger partial charge in [0.25, 0.3) is 5.69 Å². The molecule has 0 unspecified atom stereocenters. The SMILES string of the molecule is COc1cc(-c2cc(OC)c(OC)cc2-c2cc(OC)c(OC)cc2-c2cc(OC)c(OC)cc2-c2cc(OC)c(OC)cc2[N+](=O)[O-])c(-c2cc(OC)c(OC)cc2-c2cc(OC)c(OC)cc2-c2cc(OC)c(OC)cc2[N+]([O])=O)cc1OC. The summed E-state index contributed by atoms with van der Waals surface area (Å²) in [5, 5.41) is 26.4. The third-order valence-corrected chi connectivity index (χ3v) is 14.6. The van der Waals surface area contributed by atoms with Crippen LogP contribution in [0, 0.1) is 15.0 Å². The highest BCUT2D eigenvalue weighted by atomic mass is 16.6. The number of nitro groups is 1. The molecule has 1 radical (unpaired) electrons. The first-order chi connectivity index (χ1) is 41.6. The fourth-order valence-corrected chi connectivity index (χ4v) is 10.4. The molecule has 0 spiro atoms. The molecule has 0 aromatic heterocycles. The standard InChI is InChI=1S/C64H64N2O20/c1-71-49-17-33(35(19-51(49)73-3)37-21-53(75-5)55(77-7)23-39(37)41-25-57(79-9)59(81-11)27-43(41)45-29-61(83-13)63(85-15)31-47(45)65(67)68)34-18-50(72-2)52(74-4)20-36(34)38-22-54(76-6)56(78-8)24-40(38)42-26-58(80-10)60(82-12)28-44(42)46-30-62(84-14)64(86-16)32-48(46)66(69)70/h17-32H,1-16H3/q+1. The Balaban J connectivity index is 1.60. The summed E-state index contributed by atoms with van der Waals surface area (Å²) < 4.78 is 94.7. The highest BCUT2D eigenvalue weighted by molar-refractivity contribution is 6.05. The molecular formula is C64H64N2O20+. The highest BCUT2D eigenvalue weighted by Crippen LogP contribution is 2.57. The second-order valence-electron chi connectivity index (χ2n) is 18.5. The van der Waals surface area contributed by atoms with Gasteiger partial charge in [0.05, 0.1) is 152 Å². The van der Waals surface area contributed by atoms with Gasteiger partial charge < -0.3 is 75.8 Å². The maximum Gasteiger partial charge on any atom is 0.333 e. The zero-order valence-electron chi connectivity index (χ0n) is 50.3. The van der Waals surface area contributed by atoms with Crippen LogP contribution in [0.5, 0.6) is 92.0 Å². The summed E-state index contributed by atoms with van der Waals surface area (Å²) in [5.41, 5.74) is 4.78. The molecule has 449 valence electrons. The number of nitro benzene ring substituents is 1. The fraction of sp³-hybridized carbons (Fsp3) is 0.250. The summed E-state index contributed by atoms with van der Waals surface area (Å²) in [6.07, 6.45) is 0. The number of ether oxygens (including phenoxy) is 16. The number of benzene rings is 8. The lowest BCUT2D eigenvalue weighted by molar-refractivity contribution is -0.769. The molecule has 0 N–H and O–H groups in total. The monoisotopic (exact) mass is 1180 g/mol. The zero-order valence-corrected chi connectivity index (χ0v) is 50.3. The minimum absolute atomic E-state index is 0.125. The quantitative estimate of drug-likeness (QED) is 0.0382. The molecule has 0 bridgehead atoms. The van der Waals surface area contributed by atoms with E-state index in [1.807, 2.05) is 0 Å². The van der Waals surface area contributed by atoms with Gasteiger partial charge in [0, 0.05) is 11.1 Å². The Kier molecular flexibility index (Phi) is 18.8. The van der Waals surface area contributed by atoms with E-state index in [9.17, 15) is 20.2 Å². The second kappa shape index (κ2) is 26.3. The average Bonchev–Trinajstić information content (AvgIpc) is 0.924. The molecule has 0 saturated heterocycles. The lowest BCUT2D eigenvalue weighted by Crippen LogP contribution is -2.02. The molecule has 0 saturated carbocycles. The Labute approximate surface area is 496 Å². The van der Waals surface area contributed by atoms with Gasteiger partial charge in [-0.15, -0.1) is 0 Å². The Bertz CT molecular complexity index is 3650. The summed E-state index contributed by atoms with van der Waals surface area (Å²) in [7, 11) is 23.5. The van der Waals surface area contributed by atoms with Crippen molar-refractivity contribution in [2.75, 3.05) is 114 Å². The van der Waals surface area contributed by atoms with Crippen molar-refractivity contribution in [3.05, 3.63) is 112 Å². The van der Waals surface area contributed by atoms with Crippen LogP contribution in [0.1, 0.15) is 0 Å². The first-order valence-electron chi connectivity index (χ1n) is 26.0. The third kappa shape index (κ3) is 11.2. The summed E-state index contributed by atoms with van der Waals surface area (Å²) in [4.78, 5) is 25.3. The Morgan fingerprint density at radius 1 is 0.209 bits per heavy atom. The van der Waals surface area contributed by atoms with Gasteiger partial charge >= 0.3 is 10.6 Å². The van der Waals surface area contributed by atoms with Crippen LogP contribution in [0.2, 0.25) is 0 Å². The van der Waals surface area contributed by atoms with Crippen molar-refractivity contribution in [3.8, 4) is 170 Å². The molecule has 8 rings (SSSR count). The van der Waals surface area contributed by atoms with Gasteiger partial charge in [-0.3, -0.25) is 10.1 Å². The molecule has 86 heavy (non-hydrogen) atoms. The number of nitrogens with zero attached hydrogens (tertiary/aromatic N) is 2. The van der Waals surface area contributed by atoms with E-state index >= 15 is 0 Å². The van der Waals surface area contributed by atoms with Crippen LogP contribution in [0.25, 0.3) is 77.9 Å². The summed E-state index contributed by atoms with van der Waals surface area (Å²) in [6, 6.07) is 26.5. The van der Waals surface area contributed by atoms with Gasteiger partial charge in [-0.25, -0.2) is 0 Å². The van der Waals surface area contributed by atoms with Crippen molar-refractivity contribution in [3.63, 3.8) is 0 Å². The van der Waals surface area contributed by atoms with E-state index in [0.29, 0.717) is 101 Å². The fourth-order valence-electron chi connectivity index (χ4n) is 10.4. The number of hydrogen-bond donors (Lipinski definition) is 0. The first-order valence-corrected chi connectivity index (χ1v) is 26.0. The lowest BCUT2D eigenvalue weighted by atomic mass is 9.82. The van der Waals surface area contributed by atoms with Crippen molar-refractivity contribution in [2.24, 2.45) is 0 Å². The molecule has 22 nitrogen and oxygen atoms in total. The summed E-state index contributed by atoms with van der Waals surface area (Å²) >= 11 is 0. The second-order valence-corrected chi connectivity index (χ2v) is 18.5. The molecule has 0 aliphatic rings. The smallest absolute Gasteiger partial charge is 0.333 e.